The molecule has 1 aliphatic heterocycles. The average molecular weight is 284 g/mol. The maximum absolute atomic E-state index is 6.14. The molecule has 0 aromatic heterocycles. The fourth-order valence-corrected chi connectivity index (χ4v) is 2.78. The van der Waals surface area contributed by atoms with Crippen molar-refractivity contribution in [1.82, 2.24) is 0 Å². The Balaban J connectivity index is 2.02. The van der Waals surface area contributed by atoms with Crippen LogP contribution in [0, 0.1) is 0 Å². The summed E-state index contributed by atoms with van der Waals surface area (Å²) in [6.45, 7) is 3.89. The van der Waals surface area contributed by atoms with E-state index in [2.05, 4.69) is 12.1 Å². The molecule has 0 amide bonds. The molecule has 1 fully saturated rings. The molecule has 0 spiro atoms. The van der Waals surface area contributed by atoms with Gasteiger partial charge in [-0.15, -0.1) is 0 Å². The third kappa shape index (κ3) is 2.80. The van der Waals surface area contributed by atoms with Gasteiger partial charge in [-0.2, -0.15) is 0 Å². The number of hydrogen-bond acceptors (Lipinski definition) is 3. The van der Waals surface area contributed by atoms with Crippen LogP contribution in [0.2, 0.25) is 0 Å². The molecule has 0 bridgehead atoms. The normalized spacial score (nSPS) is 24.0. The summed E-state index contributed by atoms with van der Waals surface area (Å²) in [5.41, 5.74) is 2.12. The quantitative estimate of drug-likeness (QED) is 0.843. The lowest BCUT2D eigenvalue weighted by molar-refractivity contribution is -0.147. The molecule has 0 unspecified atom stereocenters. The summed E-state index contributed by atoms with van der Waals surface area (Å²) in [5, 5.41) is 0. The molecule has 0 N–H and O–H groups in total. The number of hydrogen-bond donors (Lipinski definition) is 0. The highest BCUT2D eigenvalue weighted by atomic mass is 16.8. The van der Waals surface area contributed by atoms with Gasteiger partial charge in [0.2, 0.25) is 0 Å². The smallest absolute Gasteiger partial charge is 0.164 e. The van der Waals surface area contributed by atoms with Gasteiger partial charge >= 0.3 is 0 Å². The van der Waals surface area contributed by atoms with Crippen LogP contribution < -0.4 is 4.74 Å². The Morgan fingerprint density at radius 2 is 1.48 bits per heavy atom. The number of ether oxygens (including phenoxy) is 3. The van der Waals surface area contributed by atoms with Crippen molar-refractivity contribution in [1.29, 1.82) is 0 Å². The number of methoxy groups -OCH3 is 1. The van der Waals surface area contributed by atoms with E-state index in [0.717, 1.165) is 16.9 Å². The summed E-state index contributed by atoms with van der Waals surface area (Å²) in [6.07, 6.45) is -0.323. The molecule has 2 aromatic rings. The molecule has 1 heterocycles. The van der Waals surface area contributed by atoms with Gasteiger partial charge in [-0.25, -0.2) is 0 Å². The van der Waals surface area contributed by atoms with Crippen LogP contribution in [0.25, 0.3) is 0 Å². The van der Waals surface area contributed by atoms with Gasteiger partial charge in [-0.1, -0.05) is 48.5 Å². The minimum absolute atomic E-state index is 0.141. The van der Waals surface area contributed by atoms with E-state index in [9.17, 15) is 0 Å². The van der Waals surface area contributed by atoms with E-state index in [1.54, 1.807) is 7.11 Å². The minimum atomic E-state index is -0.619. The fourth-order valence-electron chi connectivity index (χ4n) is 2.78. The first kappa shape index (κ1) is 14.1. The lowest BCUT2D eigenvalue weighted by atomic mass is 9.98. The van der Waals surface area contributed by atoms with Gasteiger partial charge in [-0.3, -0.25) is 0 Å². The van der Waals surface area contributed by atoms with Crippen molar-refractivity contribution in [3.63, 3.8) is 0 Å². The molecule has 0 radical (unpaired) electrons. The Morgan fingerprint density at radius 3 is 2.19 bits per heavy atom. The lowest BCUT2D eigenvalue weighted by Gasteiger charge is -2.19. The van der Waals surface area contributed by atoms with Crippen LogP contribution in [-0.4, -0.2) is 12.9 Å². The van der Waals surface area contributed by atoms with E-state index in [1.807, 2.05) is 56.3 Å². The highest BCUT2D eigenvalue weighted by Gasteiger charge is 2.43. The molecule has 3 heteroatoms. The molecule has 1 aliphatic rings. The fraction of sp³-hybridized carbons (Fsp3) is 0.333. The van der Waals surface area contributed by atoms with Crippen LogP contribution in [0.15, 0.2) is 54.6 Å². The maximum atomic E-state index is 6.14. The minimum Gasteiger partial charge on any atom is -0.496 e. The Morgan fingerprint density at radius 1 is 0.857 bits per heavy atom. The summed E-state index contributed by atoms with van der Waals surface area (Å²) in [4.78, 5) is 0. The molecule has 0 aliphatic carbocycles. The first-order valence-electron chi connectivity index (χ1n) is 7.14. The summed E-state index contributed by atoms with van der Waals surface area (Å²) in [5.74, 6) is 0.205. The summed E-state index contributed by atoms with van der Waals surface area (Å²) in [7, 11) is 1.68. The molecule has 1 saturated heterocycles. The molecule has 21 heavy (non-hydrogen) atoms. The first-order chi connectivity index (χ1) is 10.1. The van der Waals surface area contributed by atoms with E-state index >= 15 is 0 Å². The predicted molar refractivity (Wildman–Crippen MR) is 81.2 cm³/mol. The van der Waals surface area contributed by atoms with E-state index in [1.165, 1.54) is 0 Å². The zero-order valence-corrected chi connectivity index (χ0v) is 12.6. The second-order valence-electron chi connectivity index (χ2n) is 5.63. The van der Waals surface area contributed by atoms with Gasteiger partial charge in [0.1, 0.15) is 18.0 Å². The Bertz CT molecular complexity index is 607. The third-order valence-electron chi connectivity index (χ3n) is 3.67. The van der Waals surface area contributed by atoms with E-state index in [-0.39, 0.29) is 12.2 Å². The molecule has 3 nitrogen and oxygen atoms in total. The Labute approximate surface area is 125 Å². The number of benzene rings is 2. The predicted octanol–water partition coefficient (Wildman–Crippen LogP) is 4.26. The first-order valence-corrected chi connectivity index (χ1v) is 7.14. The van der Waals surface area contributed by atoms with Crippen molar-refractivity contribution in [3.05, 3.63) is 65.7 Å². The van der Waals surface area contributed by atoms with Gasteiger partial charge in [0, 0.05) is 5.56 Å². The van der Waals surface area contributed by atoms with Crippen molar-refractivity contribution in [2.75, 3.05) is 7.11 Å². The number of para-hydroxylation sites is 1. The monoisotopic (exact) mass is 284 g/mol. The second kappa shape index (κ2) is 5.51. The topological polar surface area (TPSA) is 27.7 Å². The highest BCUT2D eigenvalue weighted by molar-refractivity contribution is 5.37. The van der Waals surface area contributed by atoms with Crippen LogP contribution >= 0.6 is 0 Å². The van der Waals surface area contributed by atoms with Gasteiger partial charge < -0.3 is 14.2 Å². The van der Waals surface area contributed by atoms with E-state index < -0.39 is 5.79 Å². The van der Waals surface area contributed by atoms with Gasteiger partial charge in [-0.05, 0) is 25.5 Å². The van der Waals surface area contributed by atoms with Crippen LogP contribution in [0.3, 0.4) is 0 Å². The van der Waals surface area contributed by atoms with Crippen LogP contribution in [-0.2, 0) is 9.47 Å². The summed E-state index contributed by atoms with van der Waals surface area (Å²) < 4.78 is 17.7. The van der Waals surface area contributed by atoms with E-state index in [4.69, 9.17) is 14.2 Å². The molecule has 0 saturated carbocycles. The average Bonchev–Trinajstić information content (AvgIpc) is 2.84. The van der Waals surface area contributed by atoms with E-state index in [0.29, 0.717) is 0 Å². The lowest BCUT2D eigenvalue weighted by Crippen LogP contribution is -2.20. The number of rotatable bonds is 3. The molecule has 3 rings (SSSR count). The van der Waals surface area contributed by atoms with Crippen LogP contribution in [0.1, 0.15) is 37.2 Å². The molecule has 110 valence electrons. The Hall–Kier alpha value is -1.84. The van der Waals surface area contributed by atoms with Gasteiger partial charge in [0.15, 0.2) is 5.79 Å². The standard InChI is InChI=1S/C18H20O3/c1-18(2)20-16(13-9-5-4-6-10-13)17(21-18)14-11-7-8-12-15(14)19-3/h4-12,16-17H,1-3H3/t16-,17-/m1/s1. The van der Waals surface area contributed by atoms with Crippen molar-refractivity contribution >= 4 is 0 Å². The maximum Gasteiger partial charge on any atom is 0.164 e. The molecular formula is C18H20O3. The van der Waals surface area contributed by atoms with Crippen molar-refractivity contribution in [2.45, 2.75) is 31.8 Å². The van der Waals surface area contributed by atoms with Crippen molar-refractivity contribution < 1.29 is 14.2 Å². The zero-order chi connectivity index (χ0) is 14.9. The zero-order valence-electron chi connectivity index (χ0n) is 12.6. The van der Waals surface area contributed by atoms with Crippen LogP contribution in [0.4, 0.5) is 0 Å². The Kier molecular flexibility index (Phi) is 3.70. The summed E-state index contributed by atoms with van der Waals surface area (Å²) in [6, 6.07) is 18.1. The molecular weight excluding hydrogens is 264 g/mol. The SMILES string of the molecule is COc1ccccc1[C@H]1OC(C)(C)O[C@@H]1c1ccccc1. The molecule has 2 atom stereocenters. The van der Waals surface area contributed by atoms with Crippen LogP contribution in [0.5, 0.6) is 5.75 Å². The largest absolute Gasteiger partial charge is 0.496 e. The van der Waals surface area contributed by atoms with Gasteiger partial charge in [0.25, 0.3) is 0 Å². The van der Waals surface area contributed by atoms with Gasteiger partial charge in [0.05, 0.1) is 7.11 Å². The van der Waals surface area contributed by atoms with Crippen molar-refractivity contribution in [3.8, 4) is 5.75 Å². The summed E-state index contributed by atoms with van der Waals surface area (Å²) >= 11 is 0. The highest BCUT2D eigenvalue weighted by Crippen LogP contribution is 2.48. The molecule has 2 aromatic carbocycles. The second-order valence-corrected chi connectivity index (χ2v) is 5.63. The third-order valence-corrected chi connectivity index (χ3v) is 3.67. The van der Waals surface area contributed by atoms with Crippen molar-refractivity contribution in [2.24, 2.45) is 0 Å².